The smallest absolute Gasteiger partial charge is 0.317 e. The third-order valence-corrected chi connectivity index (χ3v) is 1.53. The van der Waals surface area contributed by atoms with Gasteiger partial charge in [0, 0.05) is 6.20 Å². The molecule has 0 aromatic carbocycles. The van der Waals surface area contributed by atoms with Gasteiger partial charge < -0.3 is 4.84 Å². The van der Waals surface area contributed by atoms with Crippen molar-refractivity contribution in [2.75, 3.05) is 0 Å². The van der Waals surface area contributed by atoms with Crippen molar-refractivity contribution in [3.63, 3.8) is 0 Å². The summed E-state index contributed by atoms with van der Waals surface area (Å²) in [5, 5.41) is 3.59. The Morgan fingerprint density at radius 3 is 2.92 bits per heavy atom. The van der Waals surface area contributed by atoms with Gasteiger partial charge in [0.15, 0.2) is 0 Å². The van der Waals surface area contributed by atoms with Crippen LogP contribution in [0.4, 0.5) is 0 Å². The standard InChI is InChI=1S/C8H6N2O2/c11-8-5-7(10-12-8)6-3-1-2-4-9-6/h1-4H,5H2. The van der Waals surface area contributed by atoms with Gasteiger partial charge in [-0.2, -0.15) is 0 Å². The van der Waals surface area contributed by atoms with Crippen LogP contribution < -0.4 is 0 Å². The van der Waals surface area contributed by atoms with Gasteiger partial charge in [-0.1, -0.05) is 11.2 Å². The number of carbonyl (C=O) groups excluding carboxylic acids is 1. The Bertz CT molecular complexity index is 332. The Balaban J connectivity index is 2.28. The van der Waals surface area contributed by atoms with Gasteiger partial charge in [-0.15, -0.1) is 0 Å². The number of pyridine rings is 1. The molecule has 60 valence electrons. The van der Waals surface area contributed by atoms with E-state index in [1.54, 1.807) is 12.3 Å². The number of oxime groups is 1. The van der Waals surface area contributed by atoms with Crippen molar-refractivity contribution in [1.82, 2.24) is 4.98 Å². The van der Waals surface area contributed by atoms with E-state index in [2.05, 4.69) is 15.0 Å². The minimum atomic E-state index is -0.323. The Morgan fingerprint density at radius 2 is 2.33 bits per heavy atom. The highest BCUT2D eigenvalue weighted by molar-refractivity contribution is 6.10. The molecule has 4 heteroatoms. The van der Waals surface area contributed by atoms with E-state index in [0.29, 0.717) is 11.4 Å². The first kappa shape index (κ1) is 6.97. The average Bonchev–Trinajstić information content (AvgIpc) is 2.54. The minimum absolute atomic E-state index is 0.219. The third kappa shape index (κ3) is 1.18. The van der Waals surface area contributed by atoms with Gasteiger partial charge in [0.05, 0.1) is 12.1 Å². The fourth-order valence-electron chi connectivity index (χ4n) is 0.978. The van der Waals surface area contributed by atoms with Crippen LogP contribution in [0.5, 0.6) is 0 Å². The number of carbonyl (C=O) groups is 1. The van der Waals surface area contributed by atoms with Gasteiger partial charge in [0.25, 0.3) is 0 Å². The molecule has 12 heavy (non-hydrogen) atoms. The molecule has 0 N–H and O–H groups in total. The summed E-state index contributed by atoms with van der Waals surface area (Å²) in [5.41, 5.74) is 1.30. The second kappa shape index (κ2) is 2.73. The first-order chi connectivity index (χ1) is 5.86. The largest absolute Gasteiger partial charge is 0.341 e. The summed E-state index contributed by atoms with van der Waals surface area (Å²) in [7, 11) is 0. The summed E-state index contributed by atoms with van der Waals surface area (Å²) < 4.78 is 0. The highest BCUT2D eigenvalue weighted by atomic mass is 16.7. The SMILES string of the molecule is O=C1CC(c2ccccn2)=NO1. The lowest BCUT2D eigenvalue weighted by Crippen LogP contribution is -2.02. The maximum absolute atomic E-state index is 10.7. The van der Waals surface area contributed by atoms with Crippen molar-refractivity contribution in [3.8, 4) is 0 Å². The van der Waals surface area contributed by atoms with Crippen molar-refractivity contribution in [3.05, 3.63) is 30.1 Å². The van der Waals surface area contributed by atoms with Crippen molar-refractivity contribution < 1.29 is 9.63 Å². The summed E-state index contributed by atoms with van der Waals surface area (Å²) >= 11 is 0. The molecule has 0 spiro atoms. The average molecular weight is 162 g/mol. The first-order valence-electron chi connectivity index (χ1n) is 3.54. The fraction of sp³-hybridized carbons (Fsp3) is 0.125. The molecule has 0 saturated carbocycles. The first-order valence-corrected chi connectivity index (χ1v) is 3.54. The van der Waals surface area contributed by atoms with Crippen molar-refractivity contribution in [2.45, 2.75) is 6.42 Å². The zero-order valence-corrected chi connectivity index (χ0v) is 6.23. The topological polar surface area (TPSA) is 51.5 Å². The third-order valence-electron chi connectivity index (χ3n) is 1.53. The molecule has 0 saturated heterocycles. The normalized spacial score (nSPS) is 15.7. The molecule has 0 atom stereocenters. The fourth-order valence-corrected chi connectivity index (χ4v) is 0.978. The Hall–Kier alpha value is -1.71. The van der Waals surface area contributed by atoms with Crippen LogP contribution in [0.1, 0.15) is 12.1 Å². The summed E-state index contributed by atoms with van der Waals surface area (Å²) in [6, 6.07) is 5.44. The molecule has 1 aliphatic rings. The van der Waals surface area contributed by atoms with E-state index in [0.717, 1.165) is 0 Å². The quantitative estimate of drug-likeness (QED) is 0.572. The molecule has 0 unspecified atom stereocenters. The Labute approximate surface area is 68.9 Å². The van der Waals surface area contributed by atoms with Gasteiger partial charge in [-0.25, -0.2) is 4.79 Å². The Kier molecular flexibility index (Phi) is 1.59. The van der Waals surface area contributed by atoms with Gasteiger partial charge >= 0.3 is 5.97 Å². The van der Waals surface area contributed by atoms with Crippen LogP contribution in [-0.4, -0.2) is 16.7 Å². The predicted molar refractivity (Wildman–Crippen MR) is 41.5 cm³/mol. The van der Waals surface area contributed by atoms with E-state index in [1.165, 1.54) is 0 Å². The molecule has 2 rings (SSSR count). The zero-order valence-electron chi connectivity index (χ0n) is 6.23. The minimum Gasteiger partial charge on any atom is -0.317 e. The van der Waals surface area contributed by atoms with Gasteiger partial charge in [0.2, 0.25) is 0 Å². The molecule has 0 fully saturated rings. The van der Waals surface area contributed by atoms with E-state index in [4.69, 9.17) is 0 Å². The summed E-state index contributed by atoms with van der Waals surface area (Å²) in [6.07, 6.45) is 1.87. The predicted octanol–water partition coefficient (Wildman–Crippen LogP) is 0.733. The molecular formula is C8H6N2O2. The van der Waals surface area contributed by atoms with Crippen LogP contribution in [0.15, 0.2) is 29.6 Å². The zero-order chi connectivity index (χ0) is 8.39. The lowest BCUT2D eigenvalue weighted by atomic mass is 10.2. The number of nitrogens with zero attached hydrogens (tertiary/aromatic N) is 2. The maximum Gasteiger partial charge on any atom is 0.341 e. The number of hydrogen-bond acceptors (Lipinski definition) is 4. The molecule has 0 bridgehead atoms. The van der Waals surface area contributed by atoms with Gasteiger partial charge in [-0.05, 0) is 12.1 Å². The molecule has 1 aliphatic heterocycles. The number of aromatic nitrogens is 1. The second-order valence-electron chi connectivity index (χ2n) is 2.39. The maximum atomic E-state index is 10.7. The van der Waals surface area contributed by atoms with E-state index in [1.807, 2.05) is 12.1 Å². The van der Waals surface area contributed by atoms with Crippen LogP contribution >= 0.6 is 0 Å². The van der Waals surface area contributed by atoms with Gasteiger partial charge in [-0.3, -0.25) is 4.98 Å². The van der Waals surface area contributed by atoms with Crippen molar-refractivity contribution in [1.29, 1.82) is 0 Å². The lowest BCUT2D eigenvalue weighted by Gasteiger charge is -1.92. The molecule has 1 aromatic rings. The van der Waals surface area contributed by atoms with E-state index in [-0.39, 0.29) is 12.4 Å². The highest BCUT2D eigenvalue weighted by Gasteiger charge is 2.19. The highest BCUT2D eigenvalue weighted by Crippen LogP contribution is 2.08. The van der Waals surface area contributed by atoms with Crippen LogP contribution in [-0.2, 0) is 9.63 Å². The van der Waals surface area contributed by atoms with Crippen LogP contribution in [0, 0.1) is 0 Å². The van der Waals surface area contributed by atoms with Crippen LogP contribution in [0.2, 0.25) is 0 Å². The molecule has 4 nitrogen and oxygen atoms in total. The summed E-state index contributed by atoms with van der Waals surface area (Å²) in [6.45, 7) is 0. The van der Waals surface area contributed by atoms with E-state index in [9.17, 15) is 4.79 Å². The molecule has 1 aromatic heterocycles. The molecule has 0 aliphatic carbocycles. The van der Waals surface area contributed by atoms with Crippen LogP contribution in [0.3, 0.4) is 0 Å². The number of hydrogen-bond donors (Lipinski definition) is 0. The molecule has 2 heterocycles. The van der Waals surface area contributed by atoms with Crippen molar-refractivity contribution in [2.24, 2.45) is 5.16 Å². The lowest BCUT2D eigenvalue weighted by molar-refractivity contribution is -0.140. The van der Waals surface area contributed by atoms with Crippen LogP contribution in [0.25, 0.3) is 0 Å². The Morgan fingerprint density at radius 1 is 1.42 bits per heavy atom. The molecule has 0 amide bonds. The second-order valence-corrected chi connectivity index (χ2v) is 2.39. The monoisotopic (exact) mass is 162 g/mol. The van der Waals surface area contributed by atoms with E-state index >= 15 is 0 Å². The summed E-state index contributed by atoms with van der Waals surface area (Å²) in [4.78, 5) is 19.1. The summed E-state index contributed by atoms with van der Waals surface area (Å²) in [5.74, 6) is -0.323. The molecule has 0 radical (unpaired) electrons. The van der Waals surface area contributed by atoms with Gasteiger partial charge in [0.1, 0.15) is 5.71 Å². The molecular weight excluding hydrogens is 156 g/mol. The van der Waals surface area contributed by atoms with E-state index < -0.39 is 0 Å². The number of rotatable bonds is 1. The van der Waals surface area contributed by atoms with Crippen molar-refractivity contribution >= 4 is 11.7 Å².